The number of fused-ring (bicyclic) bond motifs is 2. The van der Waals surface area contributed by atoms with Crippen molar-refractivity contribution in [2.75, 3.05) is 0 Å². The van der Waals surface area contributed by atoms with E-state index in [-0.39, 0.29) is 11.7 Å². The van der Waals surface area contributed by atoms with Crippen LogP contribution < -0.4 is 0 Å². The second-order valence-electron chi connectivity index (χ2n) is 5.70. The van der Waals surface area contributed by atoms with Crippen LogP contribution in [0, 0.1) is 0 Å². The highest BCUT2D eigenvalue weighted by Gasteiger charge is 2.41. The maximum atomic E-state index is 12.0. The quantitative estimate of drug-likeness (QED) is 0.616. The van der Waals surface area contributed by atoms with Crippen LogP contribution in [0.15, 0.2) is 0 Å². The zero-order valence-electron chi connectivity index (χ0n) is 9.95. The van der Waals surface area contributed by atoms with Crippen LogP contribution in [0.3, 0.4) is 0 Å². The van der Waals surface area contributed by atoms with E-state index in [1.807, 2.05) is 25.7 Å². The second-order valence-corrected chi connectivity index (χ2v) is 5.70. The highest BCUT2D eigenvalue weighted by Crippen LogP contribution is 2.36. The molecule has 2 rings (SSSR count). The van der Waals surface area contributed by atoms with E-state index in [9.17, 15) is 4.79 Å². The number of amides is 1. The van der Waals surface area contributed by atoms with Crippen LogP contribution in [0.2, 0.25) is 0 Å². The summed E-state index contributed by atoms with van der Waals surface area (Å²) >= 11 is 0. The molecule has 3 heteroatoms. The summed E-state index contributed by atoms with van der Waals surface area (Å²) < 4.78 is 5.44. The molecule has 2 saturated heterocycles. The minimum absolute atomic E-state index is 0.102. The first kappa shape index (κ1) is 10.8. The van der Waals surface area contributed by atoms with Gasteiger partial charge in [-0.05, 0) is 52.9 Å². The van der Waals surface area contributed by atoms with Crippen molar-refractivity contribution < 1.29 is 9.53 Å². The molecular weight excluding hydrogens is 190 g/mol. The normalized spacial score (nSPS) is 30.5. The first-order valence-electron chi connectivity index (χ1n) is 5.99. The number of hydrogen-bond acceptors (Lipinski definition) is 2. The molecule has 0 aromatic rings. The lowest BCUT2D eigenvalue weighted by molar-refractivity contribution is 0.00784. The summed E-state index contributed by atoms with van der Waals surface area (Å²) in [5, 5.41) is 0. The van der Waals surface area contributed by atoms with Crippen molar-refractivity contribution in [2.45, 2.75) is 70.6 Å². The van der Waals surface area contributed by atoms with Gasteiger partial charge in [-0.2, -0.15) is 0 Å². The Morgan fingerprint density at radius 3 is 2.13 bits per heavy atom. The Morgan fingerprint density at radius 2 is 1.67 bits per heavy atom. The van der Waals surface area contributed by atoms with Crippen molar-refractivity contribution in [1.29, 1.82) is 0 Å². The Kier molecular flexibility index (Phi) is 2.65. The molecule has 1 unspecified atom stereocenters. The van der Waals surface area contributed by atoms with E-state index in [4.69, 9.17) is 4.74 Å². The molecule has 0 aromatic heterocycles. The molecule has 0 saturated carbocycles. The molecule has 0 spiro atoms. The van der Waals surface area contributed by atoms with Crippen molar-refractivity contribution in [2.24, 2.45) is 0 Å². The summed E-state index contributed by atoms with van der Waals surface area (Å²) in [5.41, 5.74) is -0.367. The standard InChI is InChI=1S/C12H21NO2/c1-12(2,3)15-11(14)13-9-5-4-6-10(13)8-7-9/h9-10H,4-8H2,1-3H3/t9-,10?/m1/s1. The van der Waals surface area contributed by atoms with E-state index in [2.05, 4.69) is 0 Å². The van der Waals surface area contributed by atoms with Gasteiger partial charge in [-0.25, -0.2) is 4.79 Å². The topological polar surface area (TPSA) is 29.5 Å². The Bertz CT molecular complexity index is 241. The summed E-state index contributed by atoms with van der Waals surface area (Å²) in [4.78, 5) is 14.0. The maximum absolute atomic E-state index is 12.0. The van der Waals surface area contributed by atoms with E-state index in [0.717, 1.165) is 12.8 Å². The van der Waals surface area contributed by atoms with Crippen LogP contribution in [-0.2, 0) is 4.74 Å². The van der Waals surface area contributed by atoms with Crippen LogP contribution in [-0.4, -0.2) is 28.7 Å². The molecular formula is C12H21NO2. The van der Waals surface area contributed by atoms with E-state index >= 15 is 0 Å². The SMILES string of the molecule is CC(C)(C)OC(=O)N1C2CCC[C@@H]1CC2. The fourth-order valence-corrected chi connectivity index (χ4v) is 2.73. The third kappa shape index (κ3) is 2.27. The van der Waals surface area contributed by atoms with Gasteiger partial charge < -0.3 is 9.64 Å². The average Bonchev–Trinajstić information content (AvgIpc) is 2.34. The first-order valence-corrected chi connectivity index (χ1v) is 5.99. The highest BCUT2D eigenvalue weighted by atomic mass is 16.6. The molecule has 2 aliphatic heterocycles. The number of nitrogens with zero attached hydrogens (tertiary/aromatic N) is 1. The van der Waals surface area contributed by atoms with Gasteiger partial charge in [-0.15, -0.1) is 0 Å². The van der Waals surface area contributed by atoms with Gasteiger partial charge in [0.25, 0.3) is 0 Å². The maximum Gasteiger partial charge on any atom is 0.410 e. The molecule has 3 nitrogen and oxygen atoms in total. The van der Waals surface area contributed by atoms with Crippen molar-refractivity contribution in [1.82, 2.24) is 4.90 Å². The molecule has 2 bridgehead atoms. The van der Waals surface area contributed by atoms with Gasteiger partial charge in [0.15, 0.2) is 0 Å². The predicted molar refractivity (Wildman–Crippen MR) is 58.7 cm³/mol. The number of rotatable bonds is 0. The van der Waals surface area contributed by atoms with E-state index in [1.165, 1.54) is 19.3 Å². The van der Waals surface area contributed by atoms with Crippen LogP contribution in [0.4, 0.5) is 4.79 Å². The summed E-state index contributed by atoms with van der Waals surface area (Å²) in [5.74, 6) is 0. The molecule has 0 radical (unpaired) electrons. The third-order valence-corrected chi connectivity index (χ3v) is 3.30. The fourth-order valence-electron chi connectivity index (χ4n) is 2.73. The summed E-state index contributed by atoms with van der Waals surface area (Å²) in [7, 11) is 0. The van der Waals surface area contributed by atoms with Crippen LogP contribution >= 0.6 is 0 Å². The number of carbonyl (C=O) groups excluding carboxylic acids is 1. The lowest BCUT2D eigenvalue weighted by Gasteiger charge is -2.35. The number of ether oxygens (including phenoxy) is 1. The fraction of sp³-hybridized carbons (Fsp3) is 0.917. The minimum Gasteiger partial charge on any atom is -0.444 e. The van der Waals surface area contributed by atoms with Crippen LogP contribution in [0.25, 0.3) is 0 Å². The Hall–Kier alpha value is -0.730. The summed E-state index contributed by atoms with van der Waals surface area (Å²) in [6.45, 7) is 5.78. The lowest BCUT2D eigenvalue weighted by atomic mass is 10.0. The van der Waals surface area contributed by atoms with Gasteiger partial charge in [0.1, 0.15) is 5.60 Å². The predicted octanol–water partition coefficient (Wildman–Crippen LogP) is 2.94. The van der Waals surface area contributed by atoms with Crippen molar-refractivity contribution in [3.8, 4) is 0 Å². The van der Waals surface area contributed by atoms with E-state index in [1.54, 1.807) is 0 Å². The zero-order valence-corrected chi connectivity index (χ0v) is 9.95. The smallest absolute Gasteiger partial charge is 0.410 e. The number of hydrogen-bond donors (Lipinski definition) is 0. The van der Waals surface area contributed by atoms with Crippen molar-refractivity contribution in [3.05, 3.63) is 0 Å². The summed E-state index contributed by atoms with van der Waals surface area (Å²) in [6, 6.07) is 0.914. The minimum atomic E-state index is -0.367. The molecule has 0 aliphatic carbocycles. The van der Waals surface area contributed by atoms with Crippen molar-refractivity contribution >= 4 is 6.09 Å². The van der Waals surface area contributed by atoms with Crippen LogP contribution in [0.5, 0.6) is 0 Å². The summed E-state index contributed by atoms with van der Waals surface area (Å²) in [6.07, 6.45) is 5.84. The second kappa shape index (κ2) is 3.69. The Balaban J connectivity index is 2.01. The average molecular weight is 211 g/mol. The van der Waals surface area contributed by atoms with Gasteiger partial charge in [0.2, 0.25) is 0 Å². The van der Waals surface area contributed by atoms with Crippen LogP contribution in [0.1, 0.15) is 52.9 Å². The first-order chi connectivity index (χ1) is 6.97. The molecule has 15 heavy (non-hydrogen) atoms. The number of carbonyl (C=O) groups is 1. The largest absolute Gasteiger partial charge is 0.444 e. The van der Waals surface area contributed by atoms with E-state index in [0.29, 0.717) is 12.1 Å². The molecule has 1 amide bonds. The van der Waals surface area contributed by atoms with Gasteiger partial charge in [-0.3, -0.25) is 0 Å². The highest BCUT2D eigenvalue weighted by molar-refractivity contribution is 5.69. The van der Waals surface area contributed by atoms with Gasteiger partial charge in [0.05, 0.1) is 0 Å². The zero-order chi connectivity index (χ0) is 11.1. The van der Waals surface area contributed by atoms with Gasteiger partial charge in [0, 0.05) is 12.1 Å². The third-order valence-electron chi connectivity index (χ3n) is 3.30. The molecule has 2 fully saturated rings. The molecule has 2 aliphatic rings. The molecule has 2 atom stereocenters. The van der Waals surface area contributed by atoms with Gasteiger partial charge >= 0.3 is 6.09 Å². The Labute approximate surface area is 91.8 Å². The van der Waals surface area contributed by atoms with E-state index < -0.39 is 0 Å². The number of piperidine rings is 1. The Morgan fingerprint density at radius 1 is 1.13 bits per heavy atom. The van der Waals surface area contributed by atoms with Gasteiger partial charge in [-0.1, -0.05) is 0 Å². The van der Waals surface area contributed by atoms with Crippen molar-refractivity contribution in [3.63, 3.8) is 0 Å². The molecule has 86 valence electrons. The molecule has 0 N–H and O–H groups in total. The lowest BCUT2D eigenvalue weighted by Crippen LogP contribution is -2.46. The molecule has 0 aromatic carbocycles. The molecule has 2 heterocycles. The monoisotopic (exact) mass is 211 g/mol.